The fraction of sp³-hybridized carbons (Fsp3) is 0.421. The molecule has 4 rings (SSSR count). The quantitative estimate of drug-likeness (QED) is 0.238. The van der Waals surface area contributed by atoms with E-state index in [1.165, 1.54) is 5.57 Å². The van der Waals surface area contributed by atoms with Crippen molar-refractivity contribution in [1.82, 2.24) is 5.32 Å². The van der Waals surface area contributed by atoms with E-state index in [0.29, 0.717) is 35.7 Å². The summed E-state index contributed by atoms with van der Waals surface area (Å²) in [5.74, 6) is -0.170. The lowest BCUT2D eigenvalue weighted by atomic mass is 9.94. The molecule has 3 aromatic rings. The standard InChI is InChI=1S/C38H46FNO6/c1-25(40-36(42)46-38(5,6)7)31-12-10-13-32(35(31)39)30-21-27(19-26-15-17-43-18-16-26)20-28(22-30)24-44-33-14-9-8-11-29(33)23-34(41)45-37(2,3)4/h8-14,19-22,25H,15-18,23-24H2,1-7H3,(H,40,42). The van der Waals surface area contributed by atoms with Gasteiger partial charge in [0.05, 0.1) is 25.7 Å². The smallest absolute Gasteiger partial charge is 0.408 e. The molecule has 1 amide bonds. The number of carbonyl (C=O) groups is 2. The van der Waals surface area contributed by atoms with Gasteiger partial charge in [0.1, 0.15) is 29.4 Å². The van der Waals surface area contributed by atoms with Crippen molar-refractivity contribution in [3.63, 3.8) is 0 Å². The summed E-state index contributed by atoms with van der Waals surface area (Å²) in [6.45, 7) is 14.1. The number of esters is 1. The van der Waals surface area contributed by atoms with Gasteiger partial charge in [-0.1, -0.05) is 48.0 Å². The van der Waals surface area contributed by atoms with Crippen LogP contribution in [0.25, 0.3) is 17.2 Å². The van der Waals surface area contributed by atoms with Gasteiger partial charge in [-0.3, -0.25) is 4.79 Å². The zero-order valence-electron chi connectivity index (χ0n) is 28.0. The Morgan fingerprint density at radius 3 is 2.33 bits per heavy atom. The number of ether oxygens (including phenoxy) is 4. The van der Waals surface area contributed by atoms with Crippen LogP contribution in [0.1, 0.15) is 89.6 Å². The number of benzene rings is 3. The lowest BCUT2D eigenvalue weighted by molar-refractivity contribution is -0.153. The molecule has 1 heterocycles. The third kappa shape index (κ3) is 10.4. The Hall–Kier alpha value is -4.17. The Balaban J connectivity index is 1.64. The summed E-state index contributed by atoms with van der Waals surface area (Å²) in [6.07, 6.45) is 3.29. The van der Waals surface area contributed by atoms with Gasteiger partial charge >= 0.3 is 12.1 Å². The van der Waals surface area contributed by atoms with Crippen molar-refractivity contribution in [2.75, 3.05) is 13.2 Å². The highest BCUT2D eigenvalue weighted by atomic mass is 19.1. The van der Waals surface area contributed by atoms with Gasteiger partial charge < -0.3 is 24.3 Å². The topological polar surface area (TPSA) is 83.1 Å². The lowest BCUT2D eigenvalue weighted by Crippen LogP contribution is -2.34. The first-order valence-electron chi connectivity index (χ1n) is 15.8. The number of rotatable bonds is 9. The van der Waals surface area contributed by atoms with Crippen molar-refractivity contribution >= 4 is 18.1 Å². The van der Waals surface area contributed by atoms with E-state index in [9.17, 15) is 9.59 Å². The number of nitrogens with one attached hydrogen (secondary N) is 1. The highest BCUT2D eigenvalue weighted by Crippen LogP contribution is 2.32. The molecule has 7 nitrogen and oxygen atoms in total. The number of amides is 1. The van der Waals surface area contributed by atoms with Crippen molar-refractivity contribution in [2.24, 2.45) is 0 Å². The van der Waals surface area contributed by atoms with Gasteiger partial charge in [-0.25, -0.2) is 9.18 Å². The molecule has 1 aliphatic rings. The predicted octanol–water partition coefficient (Wildman–Crippen LogP) is 8.74. The maximum atomic E-state index is 16.2. The van der Waals surface area contributed by atoms with Crippen molar-refractivity contribution in [2.45, 2.75) is 91.6 Å². The second-order valence-corrected chi connectivity index (χ2v) is 13.6. The fourth-order valence-electron chi connectivity index (χ4n) is 5.21. The number of alkyl carbamates (subject to hydrolysis) is 1. The maximum Gasteiger partial charge on any atom is 0.408 e. The zero-order chi connectivity index (χ0) is 33.5. The Labute approximate surface area is 272 Å². The van der Waals surface area contributed by atoms with Crippen molar-refractivity contribution < 1.29 is 32.9 Å². The van der Waals surface area contributed by atoms with Gasteiger partial charge in [0.15, 0.2) is 0 Å². The second kappa shape index (κ2) is 14.9. The van der Waals surface area contributed by atoms with E-state index >= 15 is 4.39 Å². The second-order valence-electron chi connectivity index (χ2n) is 13.6. The lowest BCUT2D eigenvalue weighted by Gasteiger charge is -2.22. The molecule has 3 aromatic carbocycles. The highest BCUT2D eigenvalue weighted by Gasteiger charge is 2.22. The van der Waals surface area contributed by atoms with Crippen molar-refractivity contribution in [3.05, 3.63) is 94.3 Å². The molecule has 1 aliphatic heterocycles. The average Bonchev–Trinajstić information content (AvgIpc) is 2.95. The summed E-state index contributed by atoms with van der Waals surface area (Å²) in [4.78, 5) is 25.0. The molecule has 1 unspecified atom stereocenters. The van der Waals surface area contributed by atoms with E-state index < -0.39 is 29.2 Å². The maximum absolute atomic E-state index is 16.2. The number of hydrogen-bond donors (Lipinski definition) is 1. The summed E-state index contributed by atoms with van der Waals surface area (Å²) >= 11 is 0. The van der Waals surface area contributed by atoms with Crippen LogP contribution in [0.15, 0.2) is 66.2 Å². The molecule has 1 saturated heterocycles. The average molecular weight is 632 g/mol. The van der Waals surface area contributed by atoms with E-state index in [-0.39, 0.29) is 19.0 Å². The molecule has 0 spiro atoms. The molecule has 46 heavy (non-hydrogen) atoms. The summed E-state index contributed by atoms with van der Waals surface area (Å²) in [5, 5.41) is 2.74. The van der Waals surface area contributed by atoms with E-state index in [1.807, 2.05) is 63.2 Å². The van der Waals surface area contributed by atoms with Gasteiger partial charge in [-0.05, 0) is 102 Å². The van der Waals surface area contributed by atoms with Gasteiger partial charge in [0.25, 0.3) is 0 Å². The minimum absolute atomic E-state index is 0.0838. The van der Waals surface area contributed by atoms with E-state index in [0.717, 1.165) is 29.5 Å². The normalized spacial score (nSPS) is 14.3. The third-order valence-corrected chi connectivity index (χ3v) is 7.18. The Kier molecular flexibility index (Phi) is 11.3. The number of carbonyl (C=O) groups excluding carboxylic acids is 2. The Bertz CT molecular complexity index is 1560. The van der Waals surface area contributed by atoms with E-state index in [2.05, 4.69) is 11.4 Å². The summed E-state index contributed by atoms with van der Waals surface area (Å²) in [6, 6.07) is 17.9. The van der Waals surface area contributed by atoms with Crippen LogP contribution in [-0.2, 0) is 32.0 Å². The number of para-hydroxylation sites is 1. The van der Waals surface area contributed by atoms with Gasteiger partial charge in [0.2, 0.25) is 0 Å². The first-order chi connectivity index (χ1) is 21.7. The van der Waals surface area contributed by atoms with Crippen LogP contribution in [0.4, 0.5) is 9.18 Å². The van der Waals surface area contributed by atoms with Crippen LogP contribution in [0.2, 0.25) is 0 Å². The number of hydrogen-bond acceptors (Lipinski definition) is 6. The molecule has 1 atom stereocenters. The van der Waals surface area contributed by atoms with Crippen molar-refractivity contribution in [1.29, 1.82) is 0 Å². The molecular formula is C38H46FNO6. The molecule has 0 aliphatic carbocycles. The minimum Gasteiger partial charge on any atom is -0.489 e. The molecule has 0 bridgehead atoms. The minimum atomic E-state index is -0.668. The predicted molar refractivity (Wildman–Crippen MR) is 178 cm³/mol. The first-order valence-corrected chi connectivity index (χ1v) is 15.8. The molecule has 0 radical (unpaired) electrons. The summed E-state index contributed by atoms with van der Waals surface area (Å²) in [5.41, 5.74) is 3.96. The Morgan fingerprint density at radius 2 is 1.63 bits per heavy atom. The summed E-state index contributed by atoms with van der Waals surface area (Å²) < 4.78 is 38.8. The van der Waals surface area contributed by atoms with E-state index in [4.69, 9.17) is 18.9 Å². The zero-order valence-corrected chi connectivity index (χ0v) is 28.0. The highest BCUT2D eigenvalue weighted by molar-refractivity contribution is 5.74. The van der Waals surface area contributed by atoms with Crippen LogP contribution >= 0.6 is 0 Å². The molecule has 246 valence electrons. The van der Waals surface area contributed by atoms with Crippen LogP contribution in [-0.4, -0.2) is 36.5 Å². The molecule has 8 heteroatoms. The number of halogens is 1. The van der Waals surface area contributed by atoms with Gasteiger partial charge in [-0.15, -0.1) is 0 Å². The fourth-order valence-corrected chi connectivity index (χ4v) is 5.21. The molecule has 1 N–H and O–H groups in total. The monoisotopic (exact) mass is 631 g/mol. The van der Waals surface area contributed by atoms with Crippen molar-refractivity contribution in [3.8, 4) is 16.9 Å². The molecule has 1 fully saturated rings. The SMILES string of the molecule is CC(NC(=O)OC(C)(C)C)c1cccc(-c2cc(C=C3CCOCC3)cc(COc3ccccc3CC(=O)OC(C)(C)C)c2)c1F. The van der Waals surface area contributed by atoms with Crippen LogP contribution in [0, 0.1) is 5.82 Å². The first kappa shape index (κ1) is 34.7. The van der Waals surface area contributed by atoms with Gasteiger partial charge in [-0.2, -0.15) is 0 Å². The van der Waals surface area contributed by atoms with Crippen LogP contribution in [0.3, 0.4) is 0 Å². The molecular weight excluding hydrogens is 585 g/mol. The van der Waals surface area contributed by atoms with Gasteiger partial charge in [0, 0.05) is 16.7 Å². The van der Waals surface area contributed by atoms with Crippen LogP contribution < -0.4 is 10.1 Å². The largest absolute Gasteiger partial charge is 0.489 e. The Morgan fingerprint density at radius 1 is 0.935 bits per heavy atom. The molecule has 0 aromatic heterocycles. The van der Waals surface area contributed by atoms with E-state index in [1.54, 1.807) is 45.9 Å². The molecule has 0 saturated carbocycles. The third-order valence-electron chi connectivity index (χ3n) is 7.18. The van der Waals surface area contributed by atoms with Crippen LogP contribution in [0.5, 0.6) is 5.75 Å². The summed E-state index contributed by atoms with van der Waals surface area (Å²) in [7, 11) is 0.